The molecule has 2 N–H and O–H groups in total. The zero-order valence-electron chi connectivity index (χ0n) is 13.0. The highest BCUT2D eigenvalue weighted by Gasteiger charge is 2.15. The Morgan fingerprint density at radius 3 is 2.38 bits per heavy atom. The Bertz CT molecular complexity index is 770. The van der Waals surface area contributed by atoms with Gasteiger partial charge in [0.05, 0.1) is 5.56 Å². The Balaban J connectivity index is 2.27. The lowest BCUT2D eigenvalue weighted by molar-refractivity contribution is -0.117. The minimum atomic E-state index is -0.376. The predicted molar refractivity (Wildman–Crippen MR) is 99.2 cm³/mol. The van der Waals surface area contributed by atoms with Crippen LogP contribution in [0.2, 0.25) is 0 Å². The van der Waals surface area contributed by atoms with Crippen molar-refractivity contribution in [1.29, 1.82) is 0 Å². The summed E-state index contributed by atoms with van der Waals surface area (Å²) in [5.41, 5.74) is 1.44. The molecule has 0 unspecified atom stereocenters. The van der Waals surface area contributed by atoms with Gasteiger partial charge in [-0.2, -0.15) is 0 Å². The molecule has 0 aliphatic rings. The summed E-state index contributed by atoms with van der Waals surface area (Å²) in [6.45, 7) is 3.88. The number of carbonyl (C=O) groups excluding carboxylic acids is 2. The predicted octanol–water partition coefficient (Wildman–Crippen LogP) is 3.52. The second-order valence-corrected chi connectivity index (χ2v) is 5.76. The molecule has 2 aromatic rings. The van der Waals surface area contributed by atoms with Gasteiger partial charge in [-0.15, -0.1) is 6.58 Å². The maximum atomic E-state index is 12.5. The first-order valence-corrected chi connectivity index (χ1v) is 8.13. The highest BCUT2D eigenvalue weighted by Crippen LogP contribution is 2.16. The van der Waals surface area contributed by atoms with Gasteiger partial charge in [-0.1, -0.05) is 48.5 Å². The summed E-state index contributed by atoms with van der Waals surface area (Å²) < 4.78 is 0.660. The smallest absolute Gasteiger partial charge is 0.268 e. The van der Waals surface area contributed by atoms with Crippen molar-refractivity contribution in [2.45, 2.75) is 0 Å². The molecule has 2 amide bonds. The van der Waals surface area contributed by atoms with Crippen LogP contribution in [0, 0.1) is 0 Å². The molecule has 0 bridgehead atoms. The van der Waals surface area contributed by atoms with E-state index in [-0.39, 0.29) is 17.5 Å². The Labute approximate surface area is 149 Å². The van der Waals surface area contributed by atoms with Crippen LogP contribution in [0.5, 0.6) is 0 Å². The number of hydrogen-bond acceptors (Lipinski definition) is 2. The fourth-order valence-corrected chi connectivity index (χ4v) is 2.43. The van der Waals surface area contributed by atoms with Crippen molar-refractivity contribution in [3.05, 3.63) is 88.5 Å². The van der Waals surface area contributed by atoms with Crippen LogP contribution in [-0.2, 0) is 4.79 Å². The zero-order valence-corrected chi connectivity index (χ0v) is 14.5. The Kier molecular flexibility index (Phi) is 6.51. The molecule has 0 saturated heterocycles. The second kappa shape index (κ2) is 8.84. The number of benzene rings is 2. The van der Waals surface area contributed by atoms with E-state index in [4.69, 9.17) is 0 Å². The van der Waals surface area contributed by atoms with E-state index >= 15 is 0 Å². The molecule has 24 heavy (non-hydrogen) atoms. The number of halogens is 1. The molecule has 0 atom stereocenters. The van der Waals surface area contributed by atoms with E-state index in [9.17, 15) is 9.59 Å². The quantitative estimate of drug-likeness (QED) is 0.591. The number of nitrogens with one attached hydrogen (secondary N) is 2. The molecule has 0 fully saturated rings. The number of carbonyl (C=O) groups is 2. The lowest BCUT2D eigenvalue weighted by atomic mass is 10.1. The Hall–Kier alpha value is -2.66. The minimum Gasteiger partial charge on any atom is -0.347 e. The van der Waals surface area contributed by atoms with Crippen molar-refractivity contribution in [2.24, 2.45) is 0 Å². The van der Waals surface area contributed by atoms with E-state index in [1.165, 1.54) is 0 Å². The van der Waals surface area contributed by atoms with Crippen molar-refractivity contribution in [3.63, 3.8) is 0 Å². The molecule has 2 aromatic carbocycles. The molecule has 0 radical (unpaired) electrons. The molecule has 0 heterocycles. The summed E-state index contributed by atoms with van der Waals surface area (Å²) in [6, 6.07) is 16.3. The molecule has 0 aliphatic carbocycles. The van der Waals surface area contributed by atoms with Crippen LogP contribution in [0.1, 0.15) is 15.9 Å². The van der Waals surface area contributed by atoms with Gasteiger partial charge in [0.1, 0.15) is 5.70 Å². The summed E-state index contributed by atoms with van der Waals surface area (Å²) in [7, 11) is 0. The molecule has 122 valence electrons. The normalized spacial score (nSPS) is 10.8. The van der Waals surface area contributed by atoms with Gasteiger partial charge >= 0.3 is 0 Å². The van der Waals surface area contributed by atoms with Crippen LogP contribution in [0.25, 0.3) is 6.08 Å². The van der Waals surface area contributed by atoms with Gasteiger partial charge in [0.25, 0.3) is 11.8 Å². The van der Waals surface area contributed by atoms with Crippen molar-refractivity contribution in [1.82, 2.24) is 10.6 Å². The molecule has 0 spiro atoms. The molecule has 0 saturated carbocycles. The standard InChI is InChI=1S/C19H17BrN2O2/c1-2-12-21-19(24)17(13-14-8-4-3-5-9-14)22-18(23)15-10-6-7-11-16(15)20/h2-11,13H,1,12H2,(H,21,24)(H,22,23)/b17-13+. The van der Waals surface area contributed by atoms with Crippen molar-refractivity contribution < 1.29 is 9.59 Å². The van der Waals surface area contributed by atoms with Crippen LogP contribution in [0.15, 0.2) is 77.4 Å². The molecule has 5 heteroatoms. The highest BCUT2D eigenvalue weighted by atomic mass is 79.9. The van der Waals surface area contributed by atoms with Gasteiger partial charge in [-0.25, -0.2) is 0 Å². The lowest BCUT2D eigenvalue weighted by Crippen LogP contribution is -2.35. The van der Waals surface area contributed by atoms with Gasteiger partial charge in [0.2, 0.25) is 0 Å². The van der Waals surface area contributed by atoms with Crippen molar-refractivity contribution in [3.8, 4) is 0 Å². The lowest BCUT2D eigenvalue weighted by Gasteiger charge is -2.11. The van der Waals surface area contributed by atoms with Gasteiger partial charge in [0.15, 0.2) is 0 Å². The first-order valence-electron chi connectivity index (χ1n) is 7.33. The maximum Gasteiger partial charge on any atom is 0.268 e. The molecule has 0 aromatic heterocycles. The van der Waals surface area contributed by atoms with E-state index in [0.29, 0.717) is 16.6 Å². The van der Waals surface area contributed by atoms with Gasteiger partial charge in [-0.05, 0) is 39.7 Å². The molecule has 2 rings (SSSR count). The van der Waals surface area contributed by atoms with Gasteiger partial charge in [-0.3, -0.25) is 9.59 Å². The van der Waals surface area contributed by atoms with Crippen molar-refractivity contribution >= 4 is 33.8 Å². The van der Waals surface area contributed by atoms with Crippen LogP contribution < -0.4 is 10.6 Å². The van der Waals surface area contributed by atoms with Crippen LogP contribution in [-0.4, -0.2) is 18.4 Å². The van der Waals surface area contributed by atoms with Gasteiger partial charge < -0.3 is 10.6 Å². The molecular weight excluding hydrogens is 368 g/mol. The maximum absolute atomic E-state index is 12.5. The largest absolute Gasteiger partial charge is 0.347 e. The van der Waals surface area contributed by atoms with Crippen molar-refractivity contribution in [2.75, 3.05) is 6.54 Å². The summed E-state index contributed by atoms with van der Waals surface area (Å²) in [5, 5.41) is 5.35. The average Bonchev–Trinajstić information content (AvgIpc) is 2.60. The third-order valence-corrected chi connectivity index (χ3v) is 3.82. The van der Waals surface area contributed by atoms with Gasteiger partial charge in [0, 0.05) is 11.0 Å². The first-order chi connectivity index (χ1) is 11.6. The first kappa shape index (κ1) is 17.7. The second-order valence-electron chi connectivity index (χ2n) is 4.90. The van der Waals surface area contributed by atoms with E-state index in [1.807, 2.05) is 36.4 Å². The summed E-state index contributed by atoms with van der Waals surface area (Å²) in [5.74, 6) is -0.738. The third kappa shape index (κ3) is 4.93. The topological polar surface area (TPSA) is 58.2 Å². The molecular formula is C19H17BrN2O2. The number of amides is 2. The SMILES string of the molecule is C=CCNC(=O)/C(=C\c1ccccc1)NC(=O)c1ccccc1Br. The number of hydrogen-bond donors (Lipinski definition) is 2. The van der Waals surface area contributed by atoms with Crippen LogP contribution in [0.4, 0.5) is 0 Å². The fourth-order valence-electron chi connectivity index (χ4n) is 1.97. The summed E-state index contributed by atoms with van der Waals surface area (Å²) in [6.07, 6.45) is 3.21. The van der Waals surface area contributed by atoms with Crippen LogP contribution in [0.3, 0.4) is 0 Å². The Morgan fingerprint density at radius 1 is 1.04 bits per heavy atom. The fraction of sp³-hybridized carbons (Fsp3) is 0.0526. The highest BCUT2D eigenvalue weighted by molar-refractivity contribution is 9.10. The monoisotopic (exact) mass is 384 g/mol. The van der Waals surface area contributed by atoms with E-state index in [0.717, 1.165) is 5.56 Å². The molecule has 4 nitrogen and oxygen atoms in total. The summed E-state index contributed by atoms with van der Waals surface area (Å²) >= 11 is 3.34. The summed E-state index contributed by atoms with van der Waals surface area (Å²) in [4.78, 5) is 24.8. The van der Waals surface area contributed by atoms with Crippen LogP contribution >= 0.6 is 15.9 Å². The van der Waals surface area contributed by atoms with E-state index in [1.54, 1.807) is 30.4 Å². The Morgan fingerprint density at radius 2 is 1.71 bits per heavy atom. The average molecular weight is 385 g/mol. The van der Waals surface area contributed by atoms with E-state index in [2.05, 4.69) is 33.1 Å². The third-order valence-electron chi connectivity index (χ3n) is 3.13. The zero-order chi connectivity index (χ0) is 17.4. The molecule has 0 aliphatic heterocycles. The number of rotatable bonds is 6. The van der Waals surface area contributed by atoms with E-state index < -0.39 is 0 Å². The minimum absolute atomic E-state index is 0.170.